The average Bonchev–Trinajstić information content (AvgIpc) is 3.44. The number of rotatable bonds is 4. The smallest absolute Gasteiger partial charge is 0.226 e. The molecule has 0 spiro atoms. The van der Waals surface area contributed by atoms with Crippen molar-refractivity contribution in [3.63, 3.8) is 0 Å². The van der Waals surface area contributed by atoms with E-state index in [-0.39, 0.29) is 5.92 Å². The van der Waals surface area contributed by atoms with Crippen LogP contribution in [0, 0.1) is 11.8 Å². The first-order valence-electron chi connectivity index (χ1n) is 9.30. The molecule has 2 saturated heterocycles. The first-order valence-corrected chi connectivity index (χ1v) is 9.30. The zero-order valence-electron chi connectivity index (χ0n) is 14.3. The third kappa shape index (κ3) is 3.62. The van der Waals surface area contributed by atoms with Crippen LogP contribution in [0.4, 0.5) is 0 Å². The molecule has 24 heavy (non-hydrogen) atoms. The summed E-state index contributed by atoms with van der Waals surface area (Å²) >= 11 is 0. The highest BCUT2D eigenvalue weighted by Crippen LogP contribution is 2.48. The van der Waals surface area contributed by atoms with E-state index in [0.29, 0.717) is 11.8 Å². The van der Waals surface area contributed by atoms with Gasteiger partial charge in [-0.15, -0.1) is 0 Å². The van der Waals surface area contributed by atoms with Crippen molar-refractivity contribution in [2.24, 2.45) is 11.8 Å². The van der Waals surface area contributed by atoms with Crippen LogP contribution in [0.2, 0.25) is 0 Å². The van der Waals surface area contributed by atoms with Gasteiger partial charge in [-0.05, 0) is 42.7 Å². The van der Waals surface area contributed by atoms with E-state index in [9.17, 15) is 4.79 Å². The van der Waals surface area contributed by atoms with Gasteiger partial charge in [-0.25, -0.2) is 0 Å². The Morgan fingerprint density at radius 3 is 2.71 bits per heavy atom. The molecule has 4 rings (SSSR count). The molecule has 0 N–H and O–H groups in total. The first-order chi connectivity index (χ1) is 11.8. The molecule has 1 aliphatic carbocycles. The Balaban J connectivity index is 1.23. The number of piperidine rings is 1. The Kier molecular flexibility index (Phi) is 4.81. The molecule has 2 atom stereocenters. The van der Waals surface area contributed by atoms with Gasteiger partial charge in [0.1, 0.15) is 0 Å². The first kappa shape index (κ1) is 16.0. The van der Waals surface area contributed by atoms with Crippen LogP contribution >= 0.6 is 0 Å². The SMILES string of the molecule is O=C([C@@H]1C[C@@H]1c1cccnc1)N1CCC(CN2CCOCC2)CC1. The number of likely N-dealkylation sites (tertiary alicyclic amines) is 1. The van der Waals surface area contributed by atoms with Crippen molar-refractivity contribution in [1.82, 2.24) is 14.8 Å². The summed E-state index contributed by atoms with van der Waals surface area (Å²) < 4.78 is 5.42. The van der Waals surface area contributed by atoms with E-state index in [1.165, 1.54) is 12.1 Å². The van der Waals surface area contributed by atoms with Gasteiger partial charge in [0, 0.05) is 51.0 Å². The summed E-state index contributed by atoms with van der Waals surface area (Å²) in [5.74, 6) is 1.71. The Morgan fingerprint density at radius 2 is 2.00 bits per heavy atom. The molecule has 2 aliphatic heterocycles. The van der Waals surface area contributed by atoms with Crippen LogP contribution in [0.25, 0.3) is 0 Å². The van der Waals surface area contributed by atoms with Crippen LogP contribution < -0.4 is 0 Å². The van der Waals surface area contributed by atoms with E-state index >= 15 is 0 Å². The summed E-state index contributed by atoms with van der Waals surface area (Å²) in [4.78, 5) is 21.5. The number of nitrogens with zero attached hydrogens (tertiary/aromatic N) is 3. The predicted molar refractivity (Wildman–Crippen MR) is 91.6 cm³/mol. The third-order valence-corrected chi connectivity index (χ3v) is 5.77. The molecule has 0 bridgehead atoms. The molecule has 1 saturated carbocycles. The molecule has 130 valence electrons. The van der Waals surface area contributed by atoms with Crippen LogP contribution in [-0.4, -0.2) is 66.6 Å². The van der Waals surface area contributed by atoms with E-state index in [1.54, 1.807) is 6.20 Å². The molecule has 0 radical (unpaired) electrons. The number of aromatic nitrogens is 1. The lowest BCUT2D eigenvalue weighted by atomic mass is 9.95. The fraction of sp³-hybridized carbons (Fsp3) is 0.684. The zero-order valence-corrected chi connectivity index (χ0v) is 14.3. The fourth-order valence-electron chi connectivity index (χ4n) is 4.15. The maximum Gasteiger partial charge on any atom is 0.226 e. The molecule has 1 aromatic rings. The number of amides is 1. The van der Waals surface area contributed by atoms with Crippen molar-refractivity contribution in [2.75, 3.05) is 45.9 Å². The van der Waals surface area contributed by atoms with Crippen molar-refractivity contribution in [2.45, 2.75) is 25.2 Å². The van der Waals surface area contributed by atoms with Gasteiger partial charge >= 0.3 is 0 Å². The lowest BCUT2D eigenvalue weighted by Gasteiger charge is -2.36. The number of hydrogen-bond acceptors (Lipinski definition) is 4. The van der Waals surface area contributed by atoms with E-state index in [1.807, 2.05) is 12.3 Å². The van der Waals surface area contributed by atoms with Gasteiger partial charge in [-0.1, -0.05) is 6.07 Å². The van der Waals surface area contributed by atoms with Crippen LogP contribution in [0.5, 0.6) is 0 Å². The molecular weight excluding hydrogens is 302 g/mol. The number of hydrogen-bond donors (Lipinski definition) is 0. The lowest BCUT2D eigenvalue weighted by Crippen LogP contribution is -2.44. The Hall–Kier alpha value is -1.46. The van der Waals surface area contributed by atoms with Crippen LogP contribution in [0.3, 0.4) is 0 Å². The van der Waals surface area contributed by atoms with Gasteiger partial charge in [-0.3, -0.25) is 14.7 Å². The second kappa shape index (κ2) is 7.19. The number of pyridine rings is 1. The van der Waals surface area contributed by atoms with Crippen molar-refractivity contribution in [3.8, 4) is 0 Å². The van der Waals surface area contributed by atoms with Crippen molar-refractivity contribution in [3.05, 3.63) is 30.1 Å². The average molecular weight is 329 g/mol. The molecule has 1 amide bonds. The minimum Gasteiger partial charge on any atom is -0.379 e. The summed E-state index contributed by atoms with van der Waals surface area (Å²) in [6.07, 6.45) is 6.99. The minimum absolute atomic E-state index is 0.199. The summed E-state index contributed by atoms with van der Waals surface area (Å²) in [6.45, 7) is 6.91. The summed E-state index contributed by atoms with van der Waals surface area (Å²) in [7, 11) is 0. The molecule has 1 aromatic heterocycles. The third-order valence-electron chi connectivity index (χ3n) is 5.77. The highest BCUT2D eigenvalue weighted by atomic mass is 16.5. The second-order valence-corrected chi connectivity index (χ2v) is 7.42. The minimum atomic E-state index is 0.199. The fourth-order valence-corrected chi connectivity index (χ4v) is 4.15. The number of morpholine rings is 1. The summed E-state index contributed by atoms with van der Waals surface area (Å²) in [5.41, 5.74) is 1.22. The van der Waals surface area contributed by atoms with Crippen molar-refractivity contribution >= 4 is 5.91 Å². The van der Waals surface area contributed by atoms with E-state index in [0.717, 1.165) is 64.6 Å². The molecule has 5 heteroatoms. The molecule has 3 fully saturated rings. The number of carbonyl (C=O) groups excluding carboxylic acids is 1. The van der Waals surface area contributed by atoms with Gasteiger partial charge in [0.05, 0.1) is 13.2 Å². The molecule has 3 heterocycles. The second-order valence-electron chi connectivity index (χ2n) is 7.42. The Morgan fingerprint density at radius 1 is 1.21 bits per heavy atom. The highest BCUT2D eigenvalue weighted by molar-refractivity contribution is 5.83. The normalized spacial score (nSPS) is 28.8. The Bertz CT molecular complexity index is 551. The van der Waals surface area contributed by atoms with E-state index < -0.39 is 0 Å². The van der Waals surface area contributed by atoms with Crippen LogP contribution in [0.15, 0.2) is 24.5 Å². The largest absolute Gasteiger partial charge is 0.379 e. The summed E-state index contributed by atoms with van der Waals surface area (Å²) in [6, 6.07) is 4.06. The molecule has 0 aromatic carbocycles. The van der Waals surface area contributed by atoms with Gasteiger partial charge in [0.25, 0.3) is 0 Å². The molecule has 5 nitrogen and oxygen atoms in total. The summed E-state index contributed by atoms with van der Waals surface area (Å²) in [5, 5.41) is 0. The van der Waals surface area contributed by atoms with E-state index in [2.05, 4.69) is 20.9 Å². The van der Waals surface area contributed by atoms with Crippen molar-refractivity contribution < 1.29 is 9.53 Å². The van der Waals surface area contributed by atoms with Gasteiger partial charge in [0.2, 0.25) is 5.91 Å². The maximum atomic E-state index is 12.7. The van der Waals surface area contributed by atoms with Crippen molar-refractivity contribution in [1.29, 1.82) is 0 Å². The van der Waals surface area contributed by atoms with E-state index in [4.69, 9.17) is 4.74 Å². The maximum absolute atomic E-state index is 12.7. The van der Waals surface area contributed by atoms with Gasteiger partial charge in [0.15, 0.2) is 0 Å². The quantitative estimate of drug-likeness (QED) is 0.844. The topological polar surface area (TPSA) is 45.7 Å². The molecule has 3 aliphatic rings. The Labute approximate surface area is 144 Å². The van der Waals surface area contributed by atoms with Crippen LogP contribution in [0.1, 0.15) is 30.7 Å². The van der Waals surface area contributed by atoms with Gasteiger partial charge in [-0.2, -0.15) is 0 Å². The lowest BCUT2D eigenvalue weighted by molar-refractivity contribution is -0.134. The molecule has 0 unspecified atom stereocenters. The molecular formula is C19H27N3O2. The van der Waals surface area contributed by atoms with Gasteiger partial charge < -0.3 is 9.64 Å². The highest BCUT2D eigenvalue weighted by Gasteiger charge is 2.46. The standard InChI is InChI=1S/C19H27N3O2/c23-19(18-12-17(18)16-2-1-5-20-13-16)22-6-3-15(4-7-22)14-21-8-10-24-11-9-21/h1-2,5,13,15,17-18H,3-4,6-12,14H2/t17-,18-/m1/s1. The van der Waals surface area contributed by atoms with Crippen LogP contribution in [-0.2, 0) is 9.53 Å². The number of ether oxygens (including phenoxy) is 1. The predicted octanol–water partition coefficient (Wildman–Crippen LogP) is 1.76. The monoisotopic (exact) mass is 329 g/mol. The number of carbonyl (C=O) groups is 1. The zero-order chi connectivity index (χ0) is 16.4.